The summed E-state index contributed by atoms with van der Waals surface area (Å²) in [6.07, 6.45) is 0.471. The number of ether oxygens (including phenoxy) is 1. The molecule has 1 atom stereocenters. The molecule has 0 bridgehead atoms. The molecule has 0 aliphatic carbocycles. The van der Waals surface area contributed by atoms with E-state index >= 15 is 0 Å². The van der Waals surface area contributed by atoms with Crippen LogP contribution in [0, 0.1) is 6.92 Å². The number of hydrogen-bond donors (Lipinski definition) is 2. The molecule has 6 nitrogen and oxygen atoms in total. The van der Waals surface area contributed by atoms with Crippen molar-refractivity contribution in [2.24, 2.45) is 0 Å². The molecule has 2 aromatic rings. The van der Waals surface area contributed by atoms with E-state index in [1.807, 2.05) is 20.8 Å². The number of nitrogens with one attached hydrogen (secondary N) is 2. The highest BCUT2D eigenvalue weighted by molar-refractivity contribution is 7.90. The van der Waals surface area contributed by atoms with Gasteiger partial charge in [0.25, 0.3) is 10.0 Å². The average molecular weight is 409 g/mol. The van der Waals surface area contributed by atoms with Crippen molar-refractivity contribution in [2.45, 2.75) is 43.7 Å². The Kier molecular flexibility index (Phi) is 5.10. The number of urea groups is 1. The van der Waals surface area contributed by atoms with Crippen molar-refractivity contribution >= 4 is 27.7 Å². The van der Waals surface area contributed by atoms with Crippen molar-refractivity contribution in [3.05, 3.63) is 58.6 Å². The Balaban J connectivity index is 1.79. The van der Waals surface area contributed by atoms with E-state index in [1.165, 1.54) is 12.1 Å². The summed E-state index contributed by atoms with van der Waals surface area (Å²) in [5.41, 5.74) is 1.12. The second kappa shape index (κ2) is 7.05. The summed E-state index contributed by atoms with van der Waals surface area (Å²) in [4.78, 5) is 12.4. The quantitative estimate of drug-likeness (QED) is 0.805. The van der Waals surface area contributed by atoms with Crippen molar-refractivity contribution in [3.8, 4) is 5.75 Å². The van der Waals surface area contributed by atoms with Gasteiger partial charge in [-0.15, -0.1) is 0 Å². The fourth-order valence-electron chi connectivity index (χ4n) is 3.04. The lowest BCUT2D eigenvalue weighted by Crippen LogP contribution is -2.45. The zero-order valence-electron chi connectivity index (χ0n) is 15.2. The van der Waals surface area contributed by atoms with E-state index in [0.29, 0.717) is 22.8 Å². The van der Waals surface area contributed by atoms with Crippen LogP contribution in [0.5, 0.6) is 5.75 Å². The maximum absolute atomic E-state index is 12.4. The van der Waals surface area contributed by atoms with Crippen molar-refractivity contribution in [2.75, 3.05) is 0 Å². The van der Waals surface area contributed by atoms with Crippen LogP contribution in [0.15, 0.2) is 47.4 Å². The number of aryl methyl sites for hydroxylation is 1. The smallest absolute Gasteiger partial charge is 0.329 e. The van der Waals surface area contributed by atoms with Gasteiger partial charge in [-0.25, -0.2) is 17.9 Å². The van der Waals surface area contributed by atoms with Gasteiger partial charge in [0, 0.05) is 17.0 Å². The van der Waals surface area contributed by atoms with Gasteiger partial charge in [-0.3, -0.25) is 0 Å². The number of hydrogen-bond acceptors (Lipinski definition) is 4. The second-order valence-corrected chi connectivity index (χ2v) is 9.31. The normalized spacial score (nSPS) is 18.1. The summed E-state index contributed by atoms with van der Waals surface area (Å²) >= 11 is 6.07. The number of fused-ring (bicyclic) bond motifs is 1. The molecular weight excluding hydrogens is 388 g/mol. The summed E-state index contributed by atoms with van der Waals surface area (Å²) in [6.45, 7) is 5.66. The number of amides is 2. The van der Waals surface area contributed by atoms with E-state index in [1.54, 1.807) is 30.3 Å². The Hall–Kier alpha value is -2.25. The van der Waals surface area contributed by atoms with Crippen LogP contribution in [-0.2, 0) is 10.0 Å². The van der Waals surface area contributed by atoms with Gasteiger partial charge in [-0.1, -0.05) is 29.3 Å². The molecule has 27 heavy (non-hydrogen) atoms. The lowest BCUT2D eigenvalue weighted by Gasteiger charge is -2.37. The van der Waals surface area contributed by atoms with Crippen molar-refractivity contribution in [1.82, 2.24) is 10.0 Å². The van der Waals surface area contributed by atoms with Crippen molar-refractivity contribution in [3.63, 3.8) is 0 Å². The maximum atomic E-state index is 12.4. The summed E-state index contributed by atoms with van der Waals surface area (Å²) in [6, 6.07) is 10.2. The van der Waals surface area contributed by atoms with Crippen molar-refractivity contribution < 1.29 is 17.9 Å². The van der Waals surface area contributed by atoms with E-state index < -0.39 is 27.7 Å². The maximum Gasteiger partial charge on any atom is 0.329 e. The van der Waals surface area contributed by atoms with Gasteiger partial charge in [0.1, 0.15) is 11.4 Å². The van der Waals surface area contributed by atoms with Gasteiger partial charge in [0.2, 0.25) is 0 Å². The number of sulfonamides is 1. The van der Waals surface area contributed by atoms with Gasteiger partial charge in [0.05, 0.1) is 10.9 Å². The van der Waals surface area contributed by atoms with Crippen LogP contribution >= 0.6 is 11.6 Å². The molecule has 144 valence electrons. The summed E-state index contributed by atoms with van der Waals surface area (Å²) < 4.78 is 32.8. The number of rotatable bonds is 3. The third-order valence-electron chi connectivity index (χ3n) is 4.29. The van der Waals surface area contributed by atoms with Crippen LogP contribution in [0.4, 0.5) is 4.79 Å². The SMILES string of the molecule is Cc1ccc(S(=O)(=O)NC(=O)NC2CC(C)(C)Oc3ccc(Cl)cc32)cc1. The summed E-state index contributed by atoms with van der Waals surface area (Å²) in [5, 5.41) is 3.24. The molecule has 0 spiro atoms. The molecule has 2 amide bonds. The predicted molar refractivity (Wildman–Crippen MR) is 104 cm³/mol. The predicted octanol–water partition coefficient (Wildman–Crippen LogP) is 3.94. The van der Waals surface area contributed by atoms with E-state index in [4.69, 9.17) is 16.3 Å². The van der Waals surface area contributed by atoms with Crippen LogP contribution in [0.1, 0.15) is 37.4 Å². The molecule has 0 radical (unpaired) electrons. The Bertz CT molecular complexity index is 972. The Labute approximate surface area is 163 Å². The first-order valence-corrected chi connectivity index (χ1v) is 10.3. The van der Waals surface area contributed by atoms with E-state index in [-0.39, 0.29) is 4.90 Å². The van der Waals surface area contributed by atoms with Gasteiger partial charge >= 0.3 is 6.03 Å². The molecule has 8 heteroatoms. The zero-order valence-corrected chi connectivity index (χ0v) is 16.8. The minimum Gasteiger partial charge on any atom is -0.487 e. The second-order valence-electron chi connectivity index (χ2n) is 7.19. The van der Waals surface area contributed by atoms with Crippen molar-refractivity contribution in [1.29, 1.82) is 0 Å². The molecule has 0 fully saturated rings. The molecule has 0 aromatic heterocycles. The van der Waals surface area contributed by atoms with Gasteiger partial charge in [-0.2, -0.15) is 0 Å². The molecule has 1 unspecified atom stereocenters. The molecule has 1 aliphatic heterocycles. The Morgan fingerprint density at radius 3 is 2.52 bits per heavy atom. The average Bonchev–Trinajstić information content (AvgIpc) is 2.54. The minimum absolute atomic E-state index is 0.0269. The van der Waals surface area contributed by atoms with Crippen LogP contribution in [0.2, 0.25) is 5.02 Å². The van der Waals surface area contributed by atoms with Gasteiger partial charge in [-0.05, 0) is 51.1 Å². The molecular formula is C19H21ClN2O4S. The first-order chi connectivity index (χ1) is 12.6. The third-order valence-corrected chi connectivity index (χ3v) is 5.87. The lowest BCUT2D eigenvalue weighted by molar-refractivity contribution is 0.0681. The molecule has 3 rings (SSSR count). The van der Waals surface area contributed by atoms with Gasteiger partial charge in [0.15, 0.2) is 0 Å². The highest BCUT2D eigenvalue weighted by Gasteiger charge is 2.35. The minimum atomic E-state index is -3.96. The first-order valence-electron chi connectivity index (χ1n) is 8.44. The number of carbonyl (C=O) groups is 1. The Morgan fingerprint density at radius 1 is 1.19 bits per heavy atom. The summed E-state index contributed by atoms with van der Waals surface area (Å²) in [5.74, 6) is 0.613. The largest absolute Gasteiger partial charge is 0.487 e. The monoisotopic (exact) mass is 408 g/mol. The lowest BCUT2D eigenvalue weighted by atomic mass is 9.90. The number of halogens is 1. The highest BCUT2D eigenvalue weighted by Crippen LogP contribution is 2.40. The number of carbonyl (C=O) groups excluding carboxylic acids is 1. The Morgan fingerprint density at radius 2 is 1.85 bits per heavy atom. The first kappa shape index (κ1) is 19.5. The van der Waals surface area contributed by atoms with Gasteiger partial charge < -0.3 is 10.1 Å². The van der Waals surface area contributed by atoms with Crippen LogP contribution in [0.3, 0.4) is 0 Å². The topological polar surface area (TPSA) is 84.5 Å². The number of benzene rings is 2. The molecule has 0 saturated heterocycles. The highest BCUT2D eigenvalue weighted by atomic mass is 35.5. The zero-order chi connectivity index (χ0) is 19.8. The molecule has 1 heterocycles. The molecule has 2 N–H and O–H groups in total. The standard InChI is InChI=1S/C19H21ClN2O4S/c1-12-4-7-14(8-5-12)27(24,25)22-18(23)21-16-11-19(2,3)26-17-9-6-13(20)10-15(16)17/h4-10,16H,11H2,1-3H3,(H2,21,22,23). The van der Waals surface area contributed by atoms with E-state index in [0.717, 1.165) is 5.56 Å². The molecule has 2 aromatic carbocycles. The fraction of sp³-hybridized carbons (Fsp3) is 0.316. The molecule has 0 saturated carbocycles. The van der Waals surface area contributed by atoms with Crippen LogP contribution in [-0.4, -0.2) is 20.0 Å². The third kappa shape index (κ3) is 4.54. The van der Waals surface area contributed by atoms with Crippen LogP contribution < -0.4 is 14.8 Å². The van der Waals surface area contributed by atoms with Crippen LogP contribution in [0.25, 0.3) is 0 Å². The summed E-state index contributed by atoms with van der Waals surface area (Å²) in [7, 11) is -3.96. The van der Waals surface area contributed by atoms with E-state index in [2.05, 4.69) is 10.0 Å². The fourth-order valence-corrected chi connectivity index (χ4v) is 4.14. The van der Waals surface area contributed by atoms with E-state index in [9.17, 15) is 13.2 Å². The molecule has 1 aliphatic rings.